The van der Waals surface area contributed by atoms with Crippen LogP contribution in [-0.4, -0.2) is 53.4 Å². The normalized spacial score (nSPS) is 14.9. The summed E-state index contributed by atoms with van der Waals surface area (Å²) in [5.74, 6) is 0.101. The molecule has 1 fully saturated rings. The zero-order valence-electron chi connectivity index (χ0n) is 18.8. The van der Waals surface area contributed by atoms with Crippen molar-refractivity contribution in [3.05, 3.63) is 94.2 Å². The van der Waals surface area contributed by atoms with Crippen molar-refractivity contribution in [2.24, 2.45) is 0 Å². The fourth-order valence-electron chi connectivity index (χ4n) is 4.28. The topological polar surface area (TPSA) is 36.4 Å². The van der Waals surface area contributed by atoms with Crippen LogP contribution in [0.4, 0.5) is 0 Å². The maximum absolute atomic E-state index is 13.6. The van der Waals surface area contributed by atoms with Gasteiger partial charge in [-0.2, -0.15) is 11.3 Å². The fraction of sp³-hybridized carbons (Fsp3) is 0.214. The maximum Gasteiger partial charge on any atom is 0.254 e. The number of thiophene rings is 1. The molecular weight excluding hydrogens is 426 g/mol. The Morgan fingerprint density at radius 3 is 2.61 bits per heavy atom. The van der Waals surface area contributed by atoms with E-state index in [9.17, 15) is 4.79 Å². The molecule has 4 nitrogen and oxygen atoms in total. The molecule has 1 aliphatic heterocycles. The van der Waals surface area contributed by atoms with Crippen LogP contribution >= 0.6 is 11.3 Å². The van der Waals surface area contributed by atoms with E-state index >= 15 is 0 Å². The Hall–Kier alpha value is -3.28. The highest BCUT2D eigenvalue weighted by atomic mass is 32.1. The van der Waals surface area contributed by atoms with E-state index in [0.717, 1.165) is 66.0 Å². The zero-order chi connectivity index (χ0) is 22.6. The van der Waals surface area contributed by atoms with Gasteiger partial charge in [0.15, 0.2) is 0 Å². The first-order valence-corrected chi connectivity index (χ1v) is 12.3. The molecule has 0 N–H and O–H groups in total. The first-order chi connectivity index (χ1) is 16.2. The molecule has 166 valence electrons. The van der Waals surface area contributed by atoms with Crippen molar-refractivity contribution in [2.75, 3.05) is 32.7 Å². The van der Waals surface area contributed by atoms with Gasteiger partial charge in [0.25, 0.3) is 5.91 Å². The van der Waals surface area contributed by atoms with Crippen LogP contribution in [-0.2, 0) is 0 Å². The zero-order valence-corrected chi connectivity index (χ0v) is 19.6. The smallest absolute Gasteiger partial charge is 0.254 e. The Balaban J connectivity index is 1.32. The lowest BCUT2D eigenvalue weighted by atomic mass is 10.0. The Kier molecular flexibility index (Phi) is 6.33. The van der Waals surface area contributed by atoms with Crippen LogP contribution in [0.15, 0.2) is 77.5 Å². The van der Waals surface area contributed by atoms with Gasteiger partial charge in [-0.1, -0.05) is 54.1 Å². The minimum atomic E-state index is 0.101. The molecule has 5 heteroatoms. The second-order valence-electron chi connectivity index (χ2n) is 8.49. The molecule has 0 atom stereocenters. The van der Waals surface area contributed by atoms with Gasteiger partial charge in [0, 0.05) is 49.1 Å². The highest BCUT2D eigenvalue weighted by Gasteiger charge is 2.24. The number of carbonyl (C=O) groups excluding carboxylic acids is 1. The molecule has 0 radical (unpaired) electrons. The molecule has 3 heterocycles. The van der Waals surface area contributed by atoms with Crippen LogP contribution < -0.4 is 0 Å². The van der Waals surface area contributed by atoms with E-state index in [1.165, 1.54) is 5.56 Å². The number of fused-ring (bicyclic) bond motifs is 1. The summed E-state index contributed by atoms with van der Waals surface area (Å²) in [5.41, 5.74) is 5.90. The summed E-state index contributed by atoms with van der Waals surface area (Å²) in [7, 11) is 0. The number of rotatable bonds is 5. The minimum Gasteiger partial charge on any atom is -0.336 e. The summed E-state index contributed by atoms with van der Waals surface area (Å²) < 4.78 is 0. The van der Waals surface area contributed by atoms with Crippen LogP contribution in [0.1, 0.15) is 21.5 Å². The van der Waals surface area contributed by atoms with Crippen molar-refractivity contribution in [3.8, 4) is 11.3 Å². The molecule has 4 aromatic rings. The molecule has 1 saturated heterocycles. The van der Waals surface area contributed by atoms with E-state index in [2.05, 4.69) is 71.8 Å². The van der Waals surface area contributed by atoms with Crippen LogP contribution in [0, 0.1) is 6.92 Å². The highest BCUT2D eigenvalue weighted by Crippen LogP contribution is 2.28. The summed E-state index contributed by atoms with van der Waals surface area (Å²) in [4.78, 5) is 22.8. The summed E-state index contributed by atoms with van der Waals surface area (Å²) in [6.07, 6.45) is 4.37. The lowest BCUT2D eigenvalue weighted by Gasteiger charge is -2.34. The summed E-state index contributed by atoms with van der Waals surface area (Å²) in [6.45, 7) is 6.19. The van der Waals surface area contributed by atoms with Crippen molar-refractivity contribution in [1.29, 1.82) is 0 Å². The number of carbonyl (C=O) groups is 1. The van der Waals surface area contributed by atoms with E-state index in [1.807, 2.05) is 28.5 Å². The molecule has 1 amide bonds. The SMILES string of the molecule is Cc1ccc2nc(-c3ccsc3)cc(C(=O)N3CCN(C/C=C/c4ccccc4)CC3)c2c1. The van der Waals surface area contributed by atoms with Crippen LogP contribution in [0.5, 0.6) is 0 Å². The van der Waals surface area contributed by atoms with E-state index in [1.54, 1.807) is 11.3 Å². The summed E-state index contributed by atoms with van der Waals surface area (Å²) in [5, 5.41) is 5.06. The molecule has 1 aliphatic rings. The first kappa shape index (κ1) is 21.6. The van der Waals surface area contributed by atoms with Gasteiger partial charge < -0.3 is 4.90 Å². The van der Waals surface area contributed by atoms with Crippen molar-refractivity contribution in [3.63, 3.8) is 0 Å². The second-order valence-corrected chi connectivity index (χ2v) is 9.27. The maximum atomic E-state index is 13.6. The van der Waals surface area contributed by atoms with E-state index < -0.39 is 0 Å². The third-order valence-corrected chi connectivity index (χ3v) is 6.83. The van der Waals surface area contributed by atoms with Crippen molar-refractivity contribution < 1.29 is 4.79 Å². The first-order valence-electron chi connectivity index (χ1n) is 11.3. The Bertz CT molecular complexity index is 1270. The lowest BCUT2D eigenvalue weighted by Crippen LogP contribution is -2.48. The number of hydrogen-bond acceptors (Lipinski definition) is 4. The third kappa shape index (κ3) is 4.90. The predicted octanol–water partition coefficient (Wildman–Crippen LogP) is 5.74. The van der Waals surface area contributed by atoms with Crippen LogP contribution in [0.3, 0.4) is 0 Å². The Morgan fingerprint density at radius 1 is 1.03 bits per heavy atom. The number of nitrogens with zero attached hydrogens (tertiary/aromatic N) is 3. The number of benzene rings is 2. The van der Waals surface area contributed by atoms with Crippen LogP contribution in [0.25, 0.3) is 28.2 Å². The molecule has 0 spiro atoms. The van der Waals surface area contributed by atoms with Gasteiger partial charge in [0.1, 0.15) is 0 Å². The largest absolute Gasteiger partial charge is 0.336 e. The van der Waals surface area contributed by atoms with Gasteiger partial charge in [-0.15, -0.1) is 0 Å². The average molecular weight is 454 g/mol. The number of amides is 1. The van der Waals surface area contributed by atoms with Crippen molar-refractivity contribution in [1.82, 2.24) is 14.8 Å². The molecule has 2 aromatic carbocycles. The molecule has 0 bridgehead atoms. The molecule has 2 aromatic heterocycles. The molecule has 33 heavy (non-hydrogen) atoms. The standard InChI is InChI=1S/C28H27N3OS/c1-21-9-10-26-24(18-21)25(19-27(29-26)23-11-17-33-20-23)28(32)31-15-13-30(14-16-31)12-5-8-22-6-3-2-4-7-22/h2-11,17-20H,12-16H2,1H3/b8-5+. The van der Waals surface area contributed by atoms with Crippen LogP contribution in [0.2, 0.25) is 0 Å². The Labute approximate surface area is 198 Å². The van der Waals surface area contributed by atoms with Gasteiger partial charge in [0.05, 0.1) is 16.8 Å². The molecule has 5 rings (SSSR count). The molecule has 0 aliphatic carbocycles. The quantitative estimate of drug-likeness (QED) is 0.386. The predicted molar refractivity (Wildman–Crippen MR) is 138 cm³/mol. The number of piperazine rings is 1. The number of aryl methyl sites for hydroxylation is 1. The molecule has 0 saturated carbocycles. The lowest BCUT2D eigenvalue weighted by molar-refractivity contribution is 0.0652. The number of hydrogen-bond donors (Lipinski definition) is 0. The van der Waals surface area contributed by atoms with Crippen molar-refractivity contribution >= 4 is 34.2 Å². The van der Waals surface area contributed by atoms with Gasteiger partial charge in [0.2, 0.25) is 0 Å². The average Bonchev–Trinajstić information content (AvgIpc) is 3.39. The van der Waals surface area contributed by atoms with Gasteiger partial charge in [-0.25, -0.2) is 4.98 Å². The van der Waals surface area contributed by atoms with E-state index in [-0.39, 0.29) is 5.91 Å². The van der Waals surface area contributed by atoms with Gasteiger partial charge >= 0.3 is 0 Å². The summed E-state index contributed by atoms with van der Waals surface area (Å²) in [6, 6.07) is 20.6. The molecule has 0 unspecified atom stereocenters. The summed E-state index contributed by atoms with van der Waals surface area (Å²) >= 11 is 1.64. The monoisotopic (exact) mass is 453 g/mol. The Morgan fingerprint density at radius 2 is 1.85 bits per heavy atom. The van der Waals surface area contributed by atoms with Crippen molar-refractivity contribution in [2.45, 2.75) is 6.92 Å². The fourth-order valence-corrected chi connectivity index (χ4v) is 4.93. The van der Waals surface area contributed by atoms with Gasteiger partial charge in [-0.05, 0) is 42.1 Å². The van der Waals surface area contributed by atoms with Gasteiger partial charge in [-0.3, -0.25) is 9.69 Å². The molecular formula is C28H27N3OS. The van der Waals surface area contributed by atoms with E-state index in [0.29, 0.717) is 0 Å². The number of pyridine rings is 1. The minimum absolute atomic E-state index is 0.101. The highest BCUT2D eigenvalue weighted by molar-refractivity contribution is 7.08. The second kappa shape index (κ2) is 9.69. The number of aromatic nitrogens is 1. The third-order valence-electron chi connectivity index (χ3n) is 6.14. The van der Waals surface area contributed by atoms with E-state index in [4.69, 9.17) is 4.98 Å².